The second-order valence-electron chi connectivity index (χ2n) is 3.94. The molecule has 1 heterocycles. The zero-order valence-corrected chi connectivity index (χ0v) is 11.7. The monoisotopic (exact) mass is 262 g/mol. The van der Waals surface area contributed by atoms with Crippen LogP contribution in [0.15, 0.2) is 0 Å². The number of carbonyl (C=O) groups excluding carboxylic acids is 1. The Bertz CT molecular complexity index is 202. The van der Waals surface area contributed by atoms with Crippen molar-refractivity contribution in [1.82, 2.24) is 10.2 Å². The van der Waals surface area contributed by atoms with Gasteiger partial charge >= 0.3 is 0 Å². The zero-order valence-electron chi connectivity index (χ0n) is 10.0. The Labute approximate surface area is 107 Å². The maximum atomic E-state index is 11.5. The minimum Gasteiger partial charge on any atom is -0.355 e. The van der Waals surface area contributed by atoms with Crippen LogP contribution in [-0.4, -0.2) is 48.5 Å². The van der Waals surface area contributed by atoms with Crippen molar-refractivity contribution >= 4 is 27.5 Å². The lowest BCUT2D eigenvalue weighted by molar-refractivity contribution is -0.121. The van der Waals surface area contributed by atoms with E-state index in [-0.39, 0.29) is 5.91 Å². The van der Waals surface area contributed by atoms with E-state index in [1.807, 2.05) is 21.6 Å². The van der Waals surface area contributed by atoms with Crippen LogP contribution in [0.2, 0.25) is 0 Å². The van der Waals surface area contributed by atoms with Crippen LogP contribution in [-0.2, 0) is 4.79 Å². The third-order valence-electron chi connectivity index (χ3n) is 2.56. The molecule has 1 fully saturated rings. The smallest absolute Gasteiger partial charge is 0.221 e. The molecule has 0 aromatic heterocycles. The summed E-state index contributed by atoms with van der Waals surface area (Å²) in [6, 6.07) is 0. The molecule has 1 rings (SSSR count). The van der Waals surface area contributed by atoms with Gasteiger partial charge in [-0.3, -0.25) is 4.79 Å². The van der Waals surface area contributed by atoms with Crippen LogP contribution in [0.5, 0.6) is 0 Å². The van der Waals surface area contributed by atoms with Crippen molar-refractivity contribution in [1.29, 1.82) is 0 Å². The third-order valence-corrected chi connectivity index (χ3v) is 4.95. The second-order valence-corrected chi connectivity index (χ2v) is 6.64. The van der Waals surface area contributed by atoms with Crippen LogP contribution in [0, 0.1) is 0 Å². The van der Waals surface area contributed by atoms with Crippen molar-refractivity contribution < 1.29 is 4.79 Å². The first-order valence-electron chi connectivity index (χ1n) is 6.06. The molecule has 0 aromatic rings. The summed E-state index contributed by atoms with van der Waals surface area (Å²) in [6.07, 6.45) is 3.11. The Morgan fingerprint density at radius 1 is 1.31 bits per heavy atom. The summed E-state index contributed by atoms with van der Waals surface area (Å²) in [4.78, 5) is 13.9. The molecule has 0 spiro atoms. The highest BCUT2D eigenvalue weighted by molar-refractivity contribution is 8.76. The van der Waals surface area contributed by atoms with Crippen molar-refractivity contribution in [2.75, 3.05) is 37.7 Å². The van der Waals surface area contributed by atoms with Gasteiger partial charge in [0.1, 0.15) is 0 Å². The number of nitrogens with zero attached hydrogens (tertiary/aromatic N) is 1. The van der Waals surface area contributed by atoms with Crippen molar-refractivity contribution in [3.63, 3.8) is 0 Å². The maximum Gasteiger partial charge on any atom is 0.221 e. The minimum atomic E-state index is 0.203. The fraction of sp³-hybridized carbons (Fsp3) is 0.909. The van der Waals surface area contributed by atoms with Gasteiger partial charge in [-0.2, -0.15) is 0 Å². The lowest BCUT2D eigenvalue weighted by Crippen LogP contribution is -2.33. The average Bonchev–Trinajstić information content (AvgIpc) is 2.33. The number of rotatable bonds is 3. The van der Waals surface area contributed by atoms with Gasteiger partial charge in [0.15, 0.2) is 0 Å². The Balaban J connectivity index is 2.32. The molecule has 0 unspecified atom stereocenters. The number of hydrogen-bond acceptors (Lipinski definition) is 4. The standard InChI is InChI=1S/C11H22N2OS2/c1-2-3-6-13-7-4-11(14)12-5-9-15-16-10-8-13/h2-10H2,1H3,(H,12,14). The summed E-state index contributed by atoms with van der Waals surface area (Å²) in [5.74, 6) is 2.39. The van der Waals surface area contributed by atoms with Gasteiger partial charge in [-0.1, -0.05) is 34.9 Å². The summed E-state index contributed by atoms with van der Waals surface area (Å²) in [7, 11) is 3.79. The van der Waals surface area contributed by atoms with Crippen molar-refractivity contribution in [2.45, 2.75) is 26.2 Å². The fourth-order valence-corrected chi connectivity index (χ4v) is 3.52. The van der Waals surface area contributed by atoms with Crippen molar-refractivity contribution in [3.05, 3.63) is 0 Å². The van der Waals surface area contributed by atoms with E-state index in [2.05, 4.69) is 17.1 Å². The van der Waals surface area contributed by atoms with Gasteiger partial charge < -0.3 is 10.2 Å². The van der Waals surface area contributed by atoms with E-state index in [0.717, 1.165) is 31.9 Å². The van der Waals surface area contributed by atoms with E-state index in [1.165, 1.54) is 18.6 Å². The van der Waals surface area contributed by atoms with E-state index < -0.39 is 0 Å². The van der Waals surface area contributed by atoms with Crippen LogP contribution in [0.4, 0.5) is 0 Å². The molecule has 0 saturated carbocycles. The molecule has 0 radical (unpaired) electrons. The number of amides is 1. The molecule has 0 aromatic carbocycles. The number of hydrogen-bond donors (Lipinski definition) is 1. The molecule has 1 aliphatic heterocycles. The number of unbranched alkanes of at least 4 members (excludes halogenated alkanes) is 1. The third kappa shape index (κ3) is 6.66. The molecule has 16 heavy (non-hydrogen) atoms. The molecule has 0 atom stereocenters. The van der Waals surface area contributed by atoms with E-state index >= 15 is 0 Å². The topological polar surface area (TPSA) is 32.3 Å². The summed E-state index contributed by atoms with van der Waals surface area (Å²) in [5.41, 5.74) is 0. The lowest BCUT2D eigenvalue weighted by atomic mass is 10.3. The molecule has 1 saturated heterocycles. The van der Waals surface area contributed by atoms with Crippen LogP contribution in [0.3, 0.4) is 0 Å². The number of nitrogens with one attached hydrogen (secondary N) is 1. The van der Waals surface area contributed by atoms with Crippen LogP contribution >= 0.6 is 21.6 Å². The molecular weight excluding hydrogens is 240 g/mol. The summed E-state index contributed by atoms with van der Waals surface area (Å²) >= 11 is 0. The molecular formula is C11H22N2OS2. The fourth-order valence-electron chi connectivity index (χ4n) is 1.58. The quantitative estimate of drug-likeness (QED) is 0.789. The molecule has 1 amide bonds. The largest absolute Gasteiger partial charge is 0.355 e. The second kappa shape index (κ2) is 9.19. The predicted octanol–water partition coefficient (Wildman–Crippen LogP) is 1.99. The summed E-state index contributed by atoms with van der Waals surface area (Å²) in [6.45, 7) is 6.19. The van der Waals surface area contributed by atoms with Gasteiger partial charge in [0, 0.05) is 37.6 Å². The van der Waals surface area contributed by atoms with Crippen molar-refractivity contribution in [2.24, 2.45) is 0 Å². The molecule has 94 valence electrons. The minimum absolute atomic E-state index is 0.203. The highest BCUT2D eigenvalue weighted by atomic mass is 33.1. The predicted molar refractivity (Wildman–Crippen MR) is 73.9 cm³/mol. The highest BCUT2D eigenvalue weighted by Gasteiger charge is 2.09. The van der Waals surface area contributed by atoms with Crippen LogP contribution < -0.4 is 5.32 Å². The number of carbonyl (C=O) groups is 1. The Morgan fingerprint density at radius 2 is 2.12 bits per heavy atom. The average molecular weight is 262 g/mol. The first-order chi connectivity index (χ1) is 7.83. The lowest BCUT2D eigenvalue weighted by Gasteiger charge is -2.20. The van der Waals surface area contributed by atoms with Gasteiger partial charge in [-0.15, -0.1) is 0 Å². The first-order valence-corrected chi connectivity index (χ1v) is 8.55. The molecule has 1 aliphatic rings. The zero-order chi connectivity index (χ0) is 11.6. The highest BCUT2D eigenvalue weighted by Crippen LogP contribution is 2.20. The normalized spacial score (nSPS) is 21.2. The van der Waals surface area contributed by atoms with Crippen LogP contribution in [0.1, 0.15) is 26.2 Å². The van der Waals surface area contributed by atoms with Gasteiger partial charge in [0.25, 0.3) is 0 Å². The Kier molecular flexibility index (Phi) is 8.15. The Hall–Kier alpha value is 0.130. The maximum absolute atomic E-state index is 11.5. The van der Waals surface area contributed by atoms with Gasteiger partial charge in [-0.05, 0) is 13.0 Å². The molecule has 1 N–H and O–H groups in total. The molecule has 0 aliphatic carbocycles. The molecule has 0 bridgehead atoms. The van der Waals surface area contributed by atoms with Gasteiger partial charge in [0.05, 0.1) is 0 Å². The summed E-state index contributed by atoms with van der Waals surface area (Å²) in [5, 5.41) is 2.96. The van der Waals surface area contributed by atoms with E-state index in [1.54, 1.807) is 0 Å². The van der Waals surface area contributed by atoms with Crippen LogP contribution in [0.25, 0.3) is 0 Å². The SMILES string of the molecule is CCCCN1CCSSCCNC(=O)CC1. The van der Waals surface area contributed by atoms with E-state index in [4.69, 9.17) is 0 Å². The first kappa shape index (κ1) is 14.2. The molecule has 5 heteroatoms. The Morgan fingerprint density at radius 3 is 2.94 bits per heavy atom. The van der Waals surface area contributed by atoms with Gasteiger partial charge in [-0.25, -0.2) is 0 Å². The van der Waals surface area contributed by atoms with E-state index in [0.29, 0.717) is 6.42 Å². The van der Waals surface area contributed by atoms with Crippen molar-refractivity contribution in [3.8, 4) is 0 Å². The molecule has 3 nitrogen and oxygen atoms in total. The summed E-state index contributed by atoms with van der Waals surface area (Å²) < 4.78 is 0. The van der Waals surface area contributed by atoms with Gasteiger partial charge in [0.2, 0.25) is 5.91 Å². The van der Waals surface area contributed by atoms with E-state index in [9.17, 15) is 4.79 Å².